The predicted octanol–water partition coefficient (Wildman–Crippen LogP) is 3.85. The minimum absolute atomic E-state index is 0.149. The second-order valence-electron chi connectivity index (χ2n) is 7.02. The maximum Gasteiger partial charge on any atom is 0.338 e. The molecule has 0 unspecified atom stereocenters. The Hall–Kier alpha value is -2.67. The van der Waals surface area contributed by atoms with Gasteiger partial charge < -0.3 is 15.4 Å². The highest BCUT2D eigenvalue weighted by atomic mass is 32.1. The van der Waals surface area contributed by atoms with Crippen molar-refractivity contribution in [3.63, 3.8) is 0 Å². The second-order valence-corrected chi connectivity index (χ2v) is 7.97. The number of carbonyl (C=O) groups excluding carboxylic acids is 3. The first-order chi connectivity index (χ1) is 13.5. The molecule has 1 saturated carbocycles. The van der Waals surface area contributed by atoms with E-state index in [1.165, 1.54) is 23.8 Å². The van der Waals surface area contributed by atoms with Crippen molar-refractivity contribution in [3.8, 4) is 0 Å². The highest BCUT2D eigenvalue weighted by Crippen LogP contribution is 2.23. The first kappa shape index (κ1) is 20.1. The van der Waals surface area contributed by atoms with Crippen molar-refractivity contribution in [2.75, 3.05) is 11.9 Å². The molecular weight excluding hydrogens is 376 g/mol. The van der Waals surface area contributed by atoms with Gasteiger partial charge in [0.15, 0.2) is 6.61 Å². The van der Waals surface area contributed by atoms with E-state index in [2.05, 4.69) is 17.6 Å². The molecular formula is C21H24N2O4S. The summed E-state index contributed by atoms with van der Waals surface area (Å²) in [5.41, 5.74) is 0.774. The van der Waals surface area contributed by atoms with Gasteiger partial charge in [-0.25, -0.2) is 4.79 Å². The number of amides is 2. The number of nitrogens with one attached hydrogen (secondary N) is 2. The highest BCUT2D eigenvalue weighted by Gasteiger charge is 2.23. The van der Waals surface area contributed by atoms with Crippen molar-refractivity contribution >= 4 is 34.8 Å². The Bertz CT molecular complexity index is 835. The molecule has 1 fully saturated rings. The van der Waals surface area contributed by atoms with Gasteiger partial charge in [-0.1, -0.05) is 31.9 Å². The van der Waals surface area contributed by atoms with Crippen LogP contribution in [0.1, 0.15) is 52.6 Å². The number of esters is 1. The maximum absolute atomic E-state index is 12.3. The van der Waals surface area contributed by atoms with Gasteiger partial charge in [0.1, 0.15) is 0 Å². The topological polar surface area (TPSA) is 84.5 Å². The predicted molar refractivity (Wildman–Crippen MR) is 109 cm³/mol. The first-order valence-corrected chi connectivity index (χ1v) is 10.3. The zero-order chi connectivity index (χ0) is 19.9. The monoisotopic (exact) mass is 400 g/mol. The maximum atomic E-state index is 12.3. The van der Waals surface area contributed by atoms with Crippen LogP contribution in [-0.4, -0.2) is 30.4 Å². The number of ether oxygens (including phenoxy) is 1. The number of thiophene rings is 1. The van der Waals surface area contributed by atoms with Crippen LogP contribution in [0.25, 0.3) is 0 Å². The number of hydrogen-bond donors (Lipinski definition) is 2. The third kappa shape index (κ3) is 5.42. The SMILES string of the molecule is C[C@@H]1CCCC[C@@H]1NC(=O)COC(=O)c1cccc(NC(=O)c2cccs2)c1. The quantitative estimate of drug-likeness (QED) is 0.722. The molecule has 0 spiro atoms. The lowest BCUT2D eigenvalue weighted by molar-refractivity contribution is -0.125. The summed E-state index contributed by atoms with van der Waals surface area (Å²) in [6.07, 6.45) is 4.38. The number of rotatable bonds is 6. The molecule has 7 heteroatoms. The number of anilines is 1. The summed E-state index contributed by atoms with van der Waals surface area (Å²) in [5.74, 6) is -0.674. The molecule has 0 radical (unpaired) electrons. The molecule has 28 heavy (non-hydrogen) atoms. The Morgan fingerprint density at radius 1 is 1.14 bits per heavy atom. The van der Waals surface area contributed by atoms with Crippen molar-refractivity contribution < 1.29 is 19.1 Å². The average molecular weight is 401 g/mol. The number of hydrogen-bond acceptors (Lipinski definition) is 5. The van der Waals surface area contributed by atoms with Crippen LogP contribution in [0.3, 0.4) is 0 Å². The highest BCUT2D eigenvalue weighted by molar-refractivity contribution is 7.12. The van der Waals surface area contributed by atoms with Gasteiger partial charge in [-0.05, 0) is 48.4 Å². The van der Waals surface area contributed by atoms with Crippen LogP contribution in [0.5, 0.6) is 0 Å². The van der Waals surface area contributed by atoms with Crippen molar-refractivity contribution in [1.82, 2.24) is 5.32 Å². The summed E-state index contributed by atoms with van der Waals surface area (Å²) in [7, 11) is 0. The fourth-order valence-electron chi connectivity index (χ4n) is 3.32. The van der Waals surface area contributed by atoms with E-state index in [0.717, 1.165) is 19.3 Å². The molecule has 0 saturated heterocycles. The molecule has 1 aromatic heterocycles. The molecule has 2 atom stereocenters. The Kier molecular flexibility index (Phi) is 6.81. The molecule has 2 amide bonds. The zero-order valence-electron chi connectivity index (χ0n) is 15.8. The van der Waals surface area contributed by atoms with Crippen molar-refractivity contribution in [1.29, 1.82) is 0 Å². The lowest BCUT2D eigenvalue weighted by atomic mass is 9.86. The van der Waals surface area contributed by atoms with Crippen LogP contribution >= 0.6 is 11.3 Å². The van der Waals surface area contributed by atoms with Crippen LogP contribution in [0.2, 0.25) is 0 Å². The molecule has 1 heterocycles. The van der Waals surface area contributed by atoms with Crippen LogP contribution in [0, 0.1) is 5.92 Å². The van der Waals surface area contributed by atoms with Gasteiger partial charge in [0, 0.05) is 11.7 Å². The number of carbonyl (C=O) groups is 3. The van der Waals surface area contributed by atoms with Crippen LogP contribution in [-0.2, 0) is 9.53 Å². The van der Waals surface area contributed by atoms with E-state index in [4.69, 9.17) is 4.74 Å². The summed E-state index contributed by atoms with van der Waals surface area (Å²) in [6.45, 7) is 1.82. The summed E-state index contributed by atoms with van der Waals surface area (Å²) in [5, 5.41) is 7.53. The van der Waals surface area contributed by atoms with Gasteiger partial charge in [-0.3, -0.25) is 9.59 Å². The van der Waals surface area contributed by atoms with Gasteiger partial charge in [0.05, 0.1) is 10.4 Å². The molecule has 1 aromatic carbocycles. The molecule has 0 aliphatic heterocycles. The third-order valence-electron chi connectivity index (χ3n) is 4.89. The molecule has 2 aromatic rings. The fraction of sp³-hybridized carbons (Fsp3) is 0.381. The summed E-state index contributed by atoms with van der Waals surface area (Å²) < 4.78 is 5.14. The van der Waals surface area contributed by atoms with E-state index in [0.29, 0.717) is 16.5 Å². The van der Waals surface area contributed by atoms with E-state index in [9.17, 15) is 14.4 Å². The van der Waals surface area contributed by atoms with Crippen molar-refractivity contribution in [3.05, 3.63) is 52.2 Å². The molecule has 0 bridgehead atoms. The fourth-order valence-corrected chi connectivity index (χ4v) is 3.94. The van der Waals surface area contributed by atoms with Crippen molar-refractivity contribution in [2.24, 2.45) is 5.92 Å². The van der Waals surface area contributed by atoms with E-state index in [-0.39, 0.29) is 30.0 Å². The van der Waals surface area contributed by atoms with Crippen molar-refractivity contribution in [2.45, 2.75) is 38.6 Å². The van der Waals surface area contributed by atoms with Crippen LogP contribution < -0.4 is 10.6 Å². The summed E-state index contributed by atoms with van der Waals surface area (Å²) in [6, 6.07) is 10.1. The average Bonchev–Trinajstić information content (AvgIpc) is 3.23. The summed E-state index contributed by atoms with van der Waals surface area (Å²) >= 11 is 1.34. The Labute approximate surface area is 168 Å². The summed E-state index contributed by atoms with van der Waals surface area (Å²) in [4.78, 5) is 37.1. The largest absolute Gasteiger partial charge is 0.452 e. The Balaban J connectivity index is 1.51. The molecule has 2 N–H and O–H groups in total. The van der Waals surface area contributed by atoms with Gasteiger partial charge >= 0.3 is 5.97 Å². The van der Waals surface area contributed by atoms with Crippen LogP contribution in [0.15, 0.2) is 41.8 Å². The van der Waals surface area contributed by atoms with Gasteiger partial charge in [-0.2, -0.15) is 0 Å². The number of benzene rings is 1. The standard InChI is InChI=1S/C21H24N2O4S/c1-14-6-2-3-9-17(14)23-19(24)13-27-21(26)15-7-4-8-16(12-15)22-20(25)18-10-5-11-28-18/h4-5,7-8,10-12,14,17H,2-3,6,9,13H2,1H3,(H,22,25)(H,23,24)/t14-,17+/m1/s1. The molecule has 1 aliphatic carbocycles. The Morgan fingerprint density at radius 3 is 2.71 bits per heavy atom. The third-order valence-corrected chi connectivity index (χ3v) is 5.76. The zero-order valence-corrected chi connectivity index (χ0v) is 16.6. The minimum atomic E-state index is -0.598. The van der Waals surface area contributed by atoms with E-state index in [1.54, 1.807) is 30.3 Å². The molecule has 6 nitrogen and oxygen atoms in total. The lowest BCUT2D eigenvalue weighted by Crippen LogP contribution is -2.42. The normalized spacial score (nSPS) is 18.9. The second kappa shape index (κ2) is 9.50. The van der Waals surface area contributed by atoms with Gasteiger partial charge in [0.2, 0.25) is 0 Å². The Morgan fingerprint density at radius 2 is 1.96 bits per heavy atom. The minimum Gasteiger partial charge on any atom is -0.452 e. The molecule has 148 valence electrons. The molecule has 3 rings (SSSR count). The van der Waals surface area contributed by atoms with E-state index < -0.39 is 5.97 Å². The smallest absolute Gasteiger partial charge is 0.338 e. The van der Waals surface area contributed by atoms with Gasteiger partial charge in [0.25, 0.3) is 11.8 Å². The van der Waals surface area contributed by atoms with E-state index in [1.807, 2.05) is 5.38 Å². The molecule has 1 aliphatic rings. The van der Waals surface area contributed by atoms with Gasteiger partial charge in [-0.15, -0.1) is 11.3 Å². The lowest BCUT2D eigenvalue weighted by Gasteiger charge is -2.29. The van der Waals surface area contributed by atoms with E-state index >= 15 is 0 Å². The first-order valence-electron chi connectivity index (χ1n) is 9.44. The van der Waals surface area contributed by atoms with Crippen LogP contribution in [0.4, 0.5) is 5.69 Å².